The number of rotatable bonds is 7. The predicted octanol–water partition coefficient (Wildman–Crippen LogP) is 16.3. The van der Waals surface area contributed by atoms with Crippen molar-refractivity contribution >= 4 is 71.6 Å². The smallest absolute Gasteiger partial charge is 0.143 e. The minimum atomic E-state index is 0.863. The maximum Gasteiger partial charge on any atom is 0.143 e. The van der Waals surface area contributed by atoms with Crippen molar-refractivity contribution in [1.29, 1.82) is 0 Å². The van der Waals surface area contributed by atoms with E-state index in [0.29, 0.717) is 0 Å². The number of fused-ring (bicyclic) bond motifs is 8. The Balaban J connectivity index is 1.00. The lowest BCUT2D eigenvalue weighted by Gasteiger charge is -2.26. The number of aromatic nitrogens is 1. The Morgan fingerprint density at radius 1 is 0.344 bits per heavy atom. The molecule has 0 aliphatic rings. The number of hydrogen-bond donors (Lipinski definition) is 0. The highest BCUT2D eigenvalue weighted by Crippen LogP contribution is 2.46. The molecule has 3 nitrogen and oxygen atoms in total. The summed E-state index contributed by atoms with van der Waals surface area (Å²) in [5, 5.41) is 6.96. The molecule has 0 saturated heterocycles. The molecule has 0 aliphatic heterocycles. The van der Waals surface area contributed by atoms with Gasteiger partial charge in [0, 0.05) is 38.6 Å². The first-order valence-corrected chi connectivity index (χ1v) is 20.8. The van der Waals surface area contributed by atoms with Crippen molar-refractivity contribution in [1.82, 2.24) is 4.57 Å². The SMILES string of the molecule is c1ccc(-c2ccc(-c3ccc(N(c4ccc(-c5cccc6c5c5ccccc5n6-c5ccccc5)cc4)c4cccc5oc6c7ccccc7ccc6c45)cc3)cc2)cc1. The highest BCUT2D eigenvalue weighted by atomic mass is 16.3. The van der Waals surface area contributed by atoms with Gasteiger partial charge in [-0.25, -0.2) is 0 Å². The van der Waals surface area contributed by atoms with Gasteiger partial charge in [-0.1, -0.05) is 164 Å². The summed E-state index contributed by atoms with van der Waals surface area (Å²) in [5.74, 6) is 0. The fourth-order valence-corrected chi connectivity index (χ4v) is 9.34. The second kappa shape index (κ2) is 14.3. The van der Waals surface area contributed by atoms with Crippen LogP contribution in [0.2, 0.25) is 0 Å². The summed E-state index contributed by atoms with van der Waals surface area (Å²) in [6.45, 7) is 0. The lowest BCUT2D eigenvalue weighted by Crippen LogP contribution is -2.10. The van der Waals surface area contributed by atoms with Crippen LogP contribution in [0.1, 0.15) is 0 Å². The normalized spacial score (nSPS) is 11.6. The van der Waals surface area contributed by atoms with Gasteiger partial charge in [-0.2, -0.15) is 0 Å². The summed E-state index contributed by atoms with van der Waals surface area (Å²) >= 11 is 0. The van der Waals surface area contributed by atoms with Gasteiger partial charge in [-0.3, -0.25) is 0 Å². The molecule has 0 spiro atoms. The van der Waals surface area contributed by atoms with E-state index in [1.165, 1.54) is 49.6 Å². The first-order valence-electron chi connectivity index (χ1n) is 20.8. The van der Waals surface area contributed by atoms with E-state index in [4.69, 9.17) is 4.42 Å². The van der Waals surface area contributed by atoms with E-state index < -0.39 is 0 Å². The fraction of sp³-hybridized carbons (Fsp3) is 0. The molecule has 3 heteroatoms. The summed E-state index contributed by atoms with van der Waals surface area (Å²) in [6, 6.07) is 82.8. The van der Waals surface area contributed by atoms with Crippen LogP contribution < -0.4 is 4.90 Å². The third-order valence-electron chi connectivity index (χ3n) is 12.2. The van der Waals surface area contributed by atoms with Crippen LogP contribution in [0.5, 0.6) is 0 Å². The lowest BCUT2D eigenvalue weighted by molar-refractivity contribution is 0.672. The van der Waals surface area contributed by atoms with E-state index in [1.54, 1.807) is 0 Å². The second-order valence-electron chi connectivity index (χ2n) is 15.7. The van der Waals surface area contributed by atoms with E-state index in [2.05, 4.69) is 240 Å². The molecule has 0 N–H and O–H groups in total. The Hall–Kier alpha value is -8.14. The van der Waals surface area contributed by atoms with Crippen LogP contribution in [-0.2, 0) is 0 Å². The Bertz CT molecular complexity index is 3550. The van der Waals surface area contributed by atoms with Crippen LogP contribution >= 0.6 is 0 Å². The molecular formula is C58H38N2O. The third kappa shape index (κ3) is 5.82. The molecule has 2 aromatic heterocycles. The summed E-state index contributed by atoms with van der Waals surface area (Å²) in [6.07, 6.45) is 0. The molecule has 12 aromatic rings. The van der Waals surface area contributed by atoms with Crippen LogP contribution in [0.15, 0.2) is 235 Å². The van der Waals surface area contributed by atoms with Crippen molar-refractivity contribution in [2.24, 2.45) is 0 Å². The van der Waals surface area contributed by atoms with Crippen molar-refractivity contribution in [2.45, 2.75) is 0 Å². The summed E-state index contributed by atoms with van der Waals surface area (Å²) in [4.78, 5) is 2.38. The van der Waals surface area contributed by atoms with Crippen LogP contribution in [0, 0.1) is 0 Å². The minimum absolute atomic E-state index is 0.863. The summed E-state index contributed by atoms with van der Waals surface area (Å²) in [5.41, 5.74) is 15.6. The monoisotopic (exact) mass is 778 g/mol. The maximum atomic E-state index is 6.71. The first kappa shape index (κ1) is 34.9. The van der Waals surface area contributed by atoms with Gasteiger partial charge in [0.1, 0.15) is 11.2 Å². The van der Waals surface area contributed by atoms with Crippen molar-refractivity contribution in [3.63, 3.8) is 0 Å². The molecule has 61 heavy (non-hydrogen) atoms. The molecule has 0 unspecified atom stereocenters. The zero-order chi connectivity index (χ0) is 40.3. The predicted molar refractivity (Wildman–Crippen MR) is 257 cm³/mol. The molecule has 0 atom stereocenters. The largest absolute Gasteiger partial charge is 0.455 e. The zero-order valence-electron chi connectivity index (χ0n) is 33.2. The average molecular weight is 779 g/mol. The Morgan fingerprint density at radius 2 is 0.902 bits per heavy atom. The van der Waals surface area contributed by atoms with Crippen molar-refractivity contribution in [3.8, 4) is 39.1 Å². The van der Waals surface area contributed by atoms with Gasteiger partial charge in [0.15, 0.2) is 0 Å². The van der Waals surface area contributed by atoms with Crippen molar-refractivity contribution in [2.75, 3.05) is 4.90 Å². The minimum Gasteiger partial charge on any atom is -0.455 e. The quantitative estimate of drug-likeness (QED) is 0.161. The van der Waals surface area contributed by atoms with E-state index in [1.807, 2.05) is 0 Å². The topological polar surface area (TPSA) is 21.3 Å². The van der Waals surface area contributed by atoms with E-state index in [0.717, 1.165) is 61.0 Å². The molecule has 0 fully saturated rings. The van der Waals surface area contributed by atoms with Crippen molar-refractivity contribution < 1.29 is 4.42 Å². The molecule has 0 amide bonds. The van der Waals surface area contributed by atoms with Gasteiger partial charge < -0.3 is 13.9 Å². The molecule has 2 heterocycles. The van der Waals surface area contributed by atoms with Crippen LogP contribution in [0.4, 0.5) is 17.1 Å². The van der Waals surface area contributed by atoms with Crippen LogP contribution in [0.25, 0.3) is 93.6 Å². The second-order valence-corrected chi connectivity index (χ2v) is 15.7. The number of furan rings is 1. The number of anilines is 3. The molecule has 10 aromatic carbocycles. The van der Waals surface area contributed by atoms with Gasteiger partial charge in [0.2, 0.25) is 0 Å². The van der Waals surface area contributed by atoms with E-state index in [-0.39, 0.29) is 0 Å². The number of benzene rings is 10. The fourth-order valence-electron chi connectivity index (χ4n) is 9.34. The van der Waals surface area contributed by atoms with Gasteiger partial charge in [0.05, 0.1) is 22.1 Å². The average Bonchev–Trinajstić information content (AvgIpc) is 3.90. The standard InChI is InChI=1S/C58H38N2O/c1-3-13-39(14-4-1)40-25-27-41(28-26-40)42-29-34-46(35-30-42)59(54-23-12-24-55-57(54)51-38-33-43-15-7-8-18-49(43)58(51)61-55)47-36-31-44(32-37-47)48-20-11-22-53-56(48)50-19-9-10-21-52(50)60(53)45-16-5-2-6-17-45/h1-38H. The zero-order valence-corrected chi connectivity index (χ0v) is 33.2. The first-order chi connectivity index (χ1) is 30.3. The molecule has 286 valence electrons. The van der Waals surface area contributed by atoms with Gasteiger partial charge in [-0.05, 0) is 105 Å². The van der Waals surface area contributed by atoms with Crippen molar-refractivity contribution in [3.05, 3.63) is 231 Å². The summed E-state index contributed by atoms with van der Waals surface area (Å²) < 4.78 is 9.08. The van der Waals surface area contributed by atoms with Crippen LogP contribution in [-0.4, -0.2) is 4.57 Å². The summed E-state index contributed by atoms with van der Waals surface area (Å²) in [7, 11) is 0. The Labute approximate surface area is 353 Å². The number of hydrogen-bond acceptors (Lipinski definition) is 2. The highest BCUT2D eigenvalue weighted by Gasteiger charge is 2.22. The number of para-hydroxylation sites is 2. The molecule has 0 bridgehead atoms. The molecular weight excluding hydrogens is 741 g/mol. The third-order valence-corrected chi connectivity index (χ3v) is 12.2. The van der Waals surface area contributed by atoms with E-state index >= 15 is 0 Å². The Kier molecular flexibility index (Phi) is 8.17. The molecule has 0 aliphatic carbocycles. The molecule has 0 saturated carbocycles. The molecule has 0 radical (unpaired) electrons. The van der Waals surface area contributed by atoms with Crippen LogP contribution in [0.3, 0.4) is 0 Å². The highest BCUT2D eigenvalue weighted by molar-refractivity contribution is 6.20. The van der Waals surface area contributed by atoms with E-state index in [9.17, 15) is 0 Å². The lowest BCUT2D eigenvalue weighted by atomic mass is 9.98. The molecule has 12 rings (SSSR count). The van der Waals surface area contributed by atoms with Gasteiger partial charge in [-0.15, -0.1) is 0 Å². The maximum absolute atomic E-state index is 6.71. The van der Waals surface area contributed by atoms with Gasteiger partial charge in [0.25, 0.3) is 0 Å². The number of nitrogens with zero attached hydrogens (tertiary/aromatic N) is 2. The van der Waals surface area contributed by atoms with Gasteiger partial charge >= 0.3 is 0 Å². The Morgan fingerprint density at radius 3 is 1.62 bits per heavy atom.